The normalized spacial score (nSPS) is 12.1. The van der Waals surface area contributed by atoms with E-state index in [9.17, 15) is 18.3 Å². The Morgan fingerprint density at radius 3 is 2.61 bits per heavy atom. The Morgan fingerprint density at radius 1 is 1.17 bits per heavy atom. The number of hydrogen-bond acceptors (Lipinski definition) is 8. The van der Waals surface area contributed by atoms with Gasteiger partial charge in [0.1, 0.15) is 18.1 Å². The fourth-order valence-corrected chi connectivity index (χ4v) is 5.58. The predicted molar refractivity (Wildman–Crippen MR) is 135 cm³/mol. The second-order valence-electron chi connectivity index (χ2n) is 8.20. The smallest absolute Gasteiger partial charge is 0.274 e. The van der Waals surface area contributed by atoms with Crippen LogP contribution in [0.4, 0.5) is 0 Å². The third kappa shape index (κ3) is 5.95. The Kier molecular flexibility index (Phi) is 9.63. The van der Waals surface area contributed by atoms with E-state index in [2.05, 4.69) is 10.1 Å². The number of hydrogen-bond donors (Lipinski definition) is 3. The van der Waals surface area contributed by atoms with E-state index in [1.54, 1.807) is 17.8 Å². The maximum Gasteiger partial charge on any atom is 0.274 e. The highest BCUT2D eigenvalue weighted by atomic mass is 32.2. The number of benzene rings is 1. The number of aliphatic hydroxyl groups excluding tert-OH is 2. The number of ether oxygens (including phenoxy) is 2. The molecule has 2 aromatic heterocycles. The lowest BCUT2D eigenvalue weighted by molar-refractivity contribution is -0.00455. The molecular formula is C24H34N4O7S. The number of aliphatic hydroxyl groups is 2. The molecule has 0 unspecified atom stereocenters. The molecular weight excluding hydrogens is 488 g/mol. The average Bonchev–Trinajstić information content (AvgIpc) is 3.17. The molecule has 0 saturated heterocycles. The van der Waals surface area contributed by atoms with Gasteiger partial charge >= 0.3 is 0 Å². The van der Waals surface area contributed by atoms with Crippen molar-refractivity contribution < 1.29 is 28.1 Å². The number of fused-ring (bicyclic) bond motifs is 1. The summed E-state index contributed by atoms with van der Waals surface area (Å²) in [5.41, 5.74) is 1.76. The maximum absolute atomic E-state index is 13.5. The number of aromatic nitrogens is 3. The fraction of sp³-hybridized carbons (Fsp3) is 0.500. The van der Waals surface area contributed by atoms with E-state index in [0.29, 0.717) is 40.9 Å². The summed E-state index contributed by atoms with van der Waals surface area (Å²) in [6, 6.07) is 6.30. The standard InChI is InChI=1S/C24H34N4O7S/c1-4-7-20-19-15-21(25-24(31)23(19)27(3)26-20)18-14-17(8-9-22(18)35-5-2)36(32,33)28(10-6-12-29)11-13-34-16-30/h8-9,14-15,29-30H,4-7,10-13,16H2,1-3H3,(H,25,31). The van der Waals surface area contributed by atoms with E-state index < -0.39 is 16.8 Å². The number of H-pyrrole nitrogens is 1. The van der Waals surface area contributed by atoms with E-state index in [1.807, 2.05) is 19.9 Å². The molecule has 0 amide bonds. The van der Waals surface area contributed by atoms with Crippen LogP contribution in [0, 0.1) is 0 Å². The molecule has 3 N–H and O–H groups in total. The summed E-state index contributed by atoms with van der Waals surface area (Å²) in [5, 5.41) is 23.3. The van der Waals surface area contributed by atoms with Crippen LogP contribution in [0.5, 0.6) is 5.75 Å². The summed E-state index contributed by atoms with van der Waals surface area (Å²) >= 11 is 0. The third-order valence-corrected chi connectivity index (χ3v) is 7.61. The van der Waals surface area contributed by atoms with Crippen LogP contribution in [0.3, 0.4) is 0 Å². The Morgan fingerprint density at radius 2 is 1.94 bits per heavy atom. The van der Waals surface area contributed by atoms with Gasteiger partial charge in [-0.1, -0.05) is 13.3 Å². The first-order chi connectivity index (χ1) is 17.3. The van der Waals surface area contributed by atoms with E-state index in [-0.39, 0.29) is 43.2 Å². The van der Waals surface area contributed by atoms with Crippen molar-refractivity contribution in [1.29, 1.82) is 0 Å². The highest BCUT2D eigenvalue weighted by Crippen LogP contribution is 2.33. The van der Waals surface area contributed by atoms with Crippen LogP contribution in [0.2, 0.25) is 0 Å². The highest BCUT2D eigenvalue weighted by Gasteiger charge is 2.26. The topological polar surface area (TPSA) is 147 Å². The van der Waals surface area contributed by atoms with Crippen molar-refractivity contribution in [2.45, 2.75) is 38.0 Å². The first-order valence-corrected chi connectivity index (χ1v) is 13.4. The summed E-state index contributed by atoms with van der Waals surface area (Å²) < 4.78 is 40.5. The average molecular weight is 523 g/mol. The first-order valence-electron chi connectivity index (χ1n) is 11.9. The van der Waals surface area contributed by atoms with Crippen LogP contribution in [0.1, 0.15) is 32.4 Å². The van der Waals surface area contributed by atoms with Gasteiger partial charge in [-0.2, -0.15) is 9.40 Å². The van der Waals surface area contributed by atoms with Crippen LogP contribution >= 0.6 is 0 Å². The zero-order valence-electron chi connectivity index (χ0n) is 20.9. The molecule has 3 rings (SSSR count). The summed E-state index contributed by atoms with van der Waals surface area (Å²) in [4.78, 5) is 15.9. The third-order valence-electron chi connectivity index (χ3n) is 5.72. The lowest BCUT2D eigenvalue weighted by Crippen LogP contribution is -2.35. The summed E-state index contributed by atoms with van der Waals surface area (Å²) in [7, 11) is -2.27. The summed E-state index contributed by atoms with van der Waals surface area (Å²) in [6.07, 6.45) is 1.80. The Hall–Kier alpha value is -2.77. The van der Waals surface area contributed by atoms with Crippen molar-refractivity contribution in [3.05, 3.63) is 40.3 Å². The number of nitrogens with one attached hydrogen (secondary N) is 1. The number of sulfonamides is 1. The summed E-state index contributed by atoms with van der Waals surface area (Å²) in [5.74, 6) is 0.429. The molecule has 0 fully saturated rings. The van der Waals surface area contributed by atoms with E-state index in [4.69, 9.17) is 14.6 Å². The maximum atomic E-state index is 13.5. The van der Waals surface area contributed by atoms with Gasteiger partial charge in [-0.05, 0) is 44.0 Å². The van der Waals surface area contributed by atoms with Crippen LogP contribution in [0.25, 0.3) is 22.2 Å². The van der Waals surface area contributed by atoms with Gasteiger partial charge in [-0.15, -0.1) is 0 Å². The van der Waals surface area contributed by atoms with E-state index >= 15 is 0 Å². The molecule has 11 nitrogen and oxygen atoms in total. The Labute approximate surface area is 210 Å². The molecule has 0 spiro atoms. The van der Waals surface area contributed by atoms with Gasteiger partial charge in [0.05, 0.1) is 29.5 Å². The first kappa shape index (κ1) is 27.8. The van der Waals surface area contributed by atoms with Gasteiger partial charge in [-0.3, -0.25) is 9.48 Å². The molecule has 198 valence electrons. The van der Waals surface area contributed by atoms with Crippen LogP contribution in [-0.2, 0) is 28.2 Å². The molecule has 36 heavy (non-hydrogen) atoms. The van der Waals surface area contributed by atoms with Gasteiger partial charge in [-0.25, -0.2) is 8.42 Å². The molecule has 0 radical (unpaired) electrons. The zero-order valence-corrected chi connectivity index (χ0v) is 21.7. The number of pyridine rings is 1. The monoisotopic (exact) mass is 522 g/mol. The lowest BCUT2D eigenvalue weighted by atomic mass is 10.1. The minimum atomic E-state index is -3.98. The van der Waals surface area contributed by atoms with Crippen molar-refractivity contribution in [2.24, 2.45) is 7.05 Å². The molecule has 3 aromatic rings. The van der Waals surface area contributed by atoms with Crippen molar-refractivity contribution in [2.75, 3.05) is 39.7 Å². The molecule has 0 bridgehead atoms. The van der Waals surface area contributed by atoms with E-state index in [0.717, 1.165) is 12.1 Å². The summed E-state index contributed by atoms with van der Waals surface area (Å²) in [6.45, 7) is 3.58. The van der Waals surface area contributed by atoms with Gasteiger partial charge in [0.25, 0.3) is 5.56 Å². The second kappa shape index (κ2) is 12.5. The van der Waals surface area contributed by atoms with Gasteiger partial charge < -0.3 is 24.7 Å². The van der Waals surface area contributed by atoms with Crippen LogP contribution in [-0.4, -0.2) is 77.4 Å². The number of nitrogens with zero attached hydrogens (tertiary/aromatic N) is 3. The van der Waals surface area contributed by atoms with Crippen molar-refractivity contribution in [1.82, 2.24) is 19.1 Å². The van der Waals surface area contributed by atoms with Crippen LogP contribution in [0.15, 0.2) is 34.0 Å². The predicted octanol–water partition coefficient (Wildman–Crippen LogP) is 1.62. The highest BCUT2D eigenvalue weighted by molar-refractivity contribution is 7.89. The lowest BCUT2D eigenvalue weighted by Gasteiger charge is -2.22. The quantitative estimate of drug-likeness (QED) is 0.214. The molecule has 2 heterocycles. The molecule has 12 heteroatoms. The molecule has 0 aliphatic heterocycles. The molecule has 0 saturated carbocycles. The Bertz CT molecular complexity index is 1330. The largest absolute Gasteiger partial charge is 0.493 e. The molecule has 0 atom stereocenters. The number of aryl methyl sites for hydroxylation is 2. The van der Waals surface area contributed by atoms with Crippen molar-refractivity contribution in [3.63, 3.8) is 0 Å². The van der Waals surface area contributed by atoms with Gasteiger partial charge in [0.2, 0.25) is 10.0 Å². The minimum Gasteiger partial charge on any atom is -0.493 e. The van der Waals surface area contributed by atoms with Gasteiger partial charge in [0, 0.05) is 37.7 Å². The molecule has 0 aliphatic rings. The minimum absolute atomic E-state index is 0.00352. The molecule has 0 aliphatic carbocycles. The fourth-order valence-electron chi connectivity index (χ4n) is 4.09. The number of rotatable bonds is 14. The van der Waals surface area contributed by atoms with Crippen molar-refractivity contribution in [3.8, 4) is 17.0 Å². The van der Waals surface area contributed by atoms with Crippen LogP contribution < -0.4 is 10.3 Å². The number of aromatic amines is 1. The SMILES string of the molecule is CCCc1nn(C)c2c(=O)[nH]c(-c3cc(S(=O)(=O)N(CCCO)CCOCO)ccc3OCC)cc12. The Balaban J connectivity index is 2.15. The van der Waals surface area contributed by atoms with Crippen molar-refractivity contribution >= 4 is 20.9 Å². The van der Waals surface area contributed by atoms with Gasteiger partial charge in [0.15, 0.2) is 0 Å². The van der Waals surface area contributed by atoms with E-state index in [1.165, 1.54) is 16.4 Å². The molecule has 1 aromatic carbocycles. The zero-order chi connectivity index (χ0) is 26.3. The second-order valence-corrected chi connectivity index (χ2v) is 10.1.